The van der Waals surface area contributed by atoms with Crippen LogP contribution < -0.4 is 5.73 Å². The summed E-state index contributed by atoms with van der Waals surface area (Å²) < 4.78 is 4.89. The standard InChI is InChI=1S/C9H15NO4/c1-9(2,3)14-8(13)6(4-5-10)7(11)12/h4-6H,10H2,1-3H3,(H,11,12). The summed E-state index contributed by atoms with van der Waals surface area (Å²) in [7, 11) is 0. The predicted molar refractivity (Wildman–Crippen MR) is 50.3 cm³/mol. The normalized spacial score (nSPS) is 13.9. The number of carboxylic acids is 1. The van der Waals surface area contributed by atoms with E-state index in [0.717, 1.165) is 12.3 Å². The van der Waals surface area contributed by atoms with E-state index in [1.165, 1.54) is 0 Å². The lowest BCUT2D eigenvalue weighted by atomic mass is 10.1. The first-order chi connectivity index (χ1) is 6.28. The van der Waals surface area contributed by atoms with Crippen molar-refractivity contribution >= 4 is 11.9 Å². The van der Waals surface area contributed by atoms with Gasteiger partial charge in [0, 0.05) is 0 Å². The van der Waals surface area contributed by atoms with Crippen molar-refractivity contribution in [1.82, 2.24) is 0 Å². The number of ether oxygens (including phenoxy) is 1. The van der Waals surface area contributed by atoms with Gasteiger partial charge in [0.25, 0.3) is 0 Å². The van der Waals surface area contributed by atoms with E-state index in [1.807, 2.05) is 0 Å². The third-order valence-electron chi connectivity index (χ3n) is 1.23. The molecule has 0 fully saturated rings. The van der Waals surface area contributed by atoms with Gasteiger partial charge in [-0.25, -0.2) is 0 Å². The molecule has 0 heterocycles. The molecule has 0 aromatic heterocycles. The van der Waals surface area contributed by atoms with Crippen LogP contribution in [0.5, 0.6) is 0 Å². The van der Waals surface area contributed by atoms with Crippen molar-refractivity contribution in [3.8, 4) is 0 Å². The Morgan fingerprint density at radius 2 is 1.93 bits per heavy atom. The van der Waals surface area contributed by atoms with Crippen molar-refractivity contribution in [2.45, 2.75) is 26.4 Å². The third kappa shape index (κ3) is 4.49. The third-order valence-corrected chi connectivity index (χ3v) is 1.23. The van der Waals surface area contributed by atoms with Crippen LogP contribution in [0, 0.1) is 5.92 Å². The zero-order valence-corrected chi connectivity index (χ0v) is 8.48. The molecule has 0 saturated carbocycles. The highest BCUT2D eigenvalue weighted by molar-refractivity contribution is 5.96. The molecule has 80 valence electrons. The van der Waals surface area contributed by atoms with Crippen LogP contribution in [0.4, 0.5) is 0 Å². The molecule has 0 aromatic rings. The molecule has 0 spiro atoms. The van der Waals surface area contributed by atoms with Crippen LogP contribution in [-0.4, -0.2) is 22.6 Å². The quantitative estimate of drug-likeness (QED) is 0.512. The molecule has 5 heteroatoms. The van der Waals surface area contributed by atoms with Gasteiger partial charge in [0.2, 0.25) is 0 Å². The summed E-state index contributed by atoms with van der Waals surface area (Å²) >= 11 is 0. The maximum Gasteiger partial charge on any atom is 0.324 e. The van der Waals surface area contributed by atoms with Gasteiger partial charge in [0.1, 0.15) is 5.60 Å². The van der Waals surface area contributed by atoms with Gasteiger partial charge in [-0.3, -0.25) is 9.59 Å². The molecule has 1 unspecified atom stereocenters. The van der Waals surface area contributed by atoms with Crippen LogP contribution in [0.15, 0.2) is 12.3 Å². The van der Waals surface area contributed by atoms with Gasteiger partial charge < -0.3 is 15.6 Å². The number of carbonyl (C=O) groups excluding carboxylic acids is 1. The van der Waals surface area contributed by atoms with E-state index >= 15 is 0 Å². The lowest BCUT2D eigenvalue weighted by Crippen LogP contribution is -2.31. The fourth-order valence-electron chi connectivity index (χ4n) is 0.738. The SMILES string of the molecule is CC(C)(C)OC(=O)C(C=CN)C(=O)O. The van der Waals surface area contributed by atoms with Crippen LogP contribution in [0.25, 0.3) is 0 Å². The minimum absolute atomic E-state index is 0.701. The molecule has 0 radical (unpaired) electrons. The monoisotopic (exact) mass is 201 g/mol. The van der Waals surface area contributed by atoms with E-state index in [0.29, 0.717) is 0 Å². The second-order valence-electron chi connectivity index (χ2n) is 3.73. The predicted octanol–water partition coefficient (Wildman–Crippen LogP) is 0.501. The van der Waals surface area contributed by atoms with Gasteiger partial charge >= 0.3 is 11.9 Å². The average Bonchev–Trinajstić information content (AvgIpc) is 1.95. The molecule has 14 heavy (non-hydrogen) atoms. The van der Waals surface area contributed by atoms with Crippen molar-refractivity contribution in [2.24, 2.45) is 11.7 Å². The van der Waals surface area contributed by atoms with Crippen molar-refractivity contribution in [1.29, 1.82) is 0 Å². The van der Waals surface area contributed by atoms with Crippen molar-refractivity contribution in [3.05, 3.63) is 12.3 Å². The largest absolute Gasteiger partial charge is 0.480 e. The molecule has 0 aliphatic rings. The minimum Gasteiger partial charge on any atom is -0.480 e. The van der Waals surface area contributed by atoms with E-state index in [4.69, 9.17) is 15.6 Å². The molecule has 0 saturated heterocycles. The zero-order chi connectivity index (χ0) is 11.4. The fourth-order valence-corrected chi connectivity index (χ4v) is 0.738. The Morgan fingerprint density at radius 3 is 2.21 bits per heavy atom. The number of hydrogen-bond acceptors (Lipinski definition) is 4. The van der Waals surface area contributed by atoms with Crippen molar-refractivity contribution in [3.63, 3.8) is 0 Å². The van der Waals surface area contributed by atoms with E-state index in [-0.39, 0.29) is 0 Å². The van der Waals surface area contributed by atoms with Gasteiger partial charge in [0.05, 0.1) is 0 Å². The molecular formula is C9H15NO4. The number of esters is 1. The number of nitrogens with two attached hydrogens (primary N) is 1. The Labute approximate surface area is 82.5 Å². The van der Waals surface area contributed by atoms with E-state index in [9.17, 15) is 9.59 Å². The summed E-state index contributed by atoms with van der Waals surface area (Å²) in [6.07, 6.45) is 2.10. The van der Waals surface area contributed by atoms with Crippen molar-refractivity contribution < 1.29 is 19.4 Å². The topological polar surface area (TPSA) is 89.6 Å². The van der Waals surface area contributed by atoms with Gasteiger partial charge in [-0.15, -0.1) is 0 Å². The molecule has 0 amide bonds. The molecule has 5 nitrogen and oxygen atoms in total. The number of carboxylic acid groups (broad SMARTS) is 1. The molecule has 1 atom stereocenters. The summed E-state index contributed by atoms with van der Waals surface area (Å²) in [5.74, 6) is -3.42. The number of hydrogen-bond donors (Lipinski definition) is 2. The number of aliphatic carboxylic acids is 1. The molecule has 3 N–H and O–H groups in total. The number of carbonyl (C=O) groups is 2. The maximum atomic E-state index is 11.3. The Bertz CT molecular complexity index is 252. The van der Waals surface area contributed by atoms with Crippen LogP contribution in [0.1, 0.15) is 20.8 Å². The molecule has 0 aliphatic carbocycles. The second-order valence-corrected chi connectivity index (χ2v) is 3.73. The Morgan fingerprint density at radius 1 is 1.43 bits per heavy atom. The van der Waals surface area contributed by atoms with Gasteiger partial charge in [0.15, 0.2) is 5.92 Å². The molecular weight excluding hydrogens is 186 g/mol. The van der Waals surface area contributed by atoms with Crippen molar-refractivity contribution in [2.75, 3.05) is 0 Å². The summed E-state index contributed by atoms with van der Waals surface area (Å²) in [6, 6.07) is 0. The summed E-state index contributed by atoms with van der Waals surface area (Å²) in [4.78, 5) is 21.9. The highest BCUT2D eigenvalue weighted by Gasteiger charge is 2.28. The van der Waals surface area contributed by atoms with E-state index < -0.39 is 23.5 Å². The first-order valence-corrected chi connectivity index (χ1v) is 4.12. The van der Waals surface area contributed by atoms with Crippen LogP contribution >= 0.6 is 0 Å². The highest BCUT2D eigenvalue weighted by Crippen LogP contribution is 2.12. The van der Waals surface area contributed by atoms with Gasteiger partial charge in [-0.1, -0.05) is 0 Å². The lowest BCUT2D eigenvalue weighted by Gasteiger charge is -2.20. The average molecular weight is 201 g/mol. The smallest absolute Gasteiger partial charge is 0.324 e. The molecule has 0 rings (SSSR count). The fraction of sp³-hybridized carbons (Fsp3) is 0.556. The lowest BCUT2D eigenvalue weighted by molar-refractivity contribution is -0.164. The van der Waals surface area contributed by atoms with Gasteiger partial charge in [-0.05, 0) is 33.0 Å². The summed E-state index contributed by atoms with van der Waals surface area (Å²) in [6.45, 7) is 4.99. The van der Waals surface area contributed by atoms with Crippen LogP contribution in [0.3, 0.4) is 0 Å². The summed E-state index contributed by atoms with van der Waals surface area (Å²) in [5.41, 5.74) is 4.32. The second kappa shape index (κ2) is 4.64. The van der Waals surface area contributed by atoms with E-state index in [1.54, 1.807) is 20.8 Å². The van der Waals surface area contributed by atoms with Gasteiger partial charge in [-0.2, -0.15) is 0 Å². The molecule has 0 aliphatic heterocycles. The zero-order valence-electron chi connectivity index (χ0n) is 8.48. The van der Waals surface area contributed by atoms with E-state index in [2.05, 4.69) is 0 Å². The van der Waals surface area contributed by atoms with Crippen LogP contribution in [0.2, 0.25) is 0 Å². The summed E-state index contributed by atoms with van der Waals surface area (Å²) in [5, 5.41) is 8.66. The Balaban J connectivity index is 4.54. The number of rotatable bonds is 3. The Kier molecular flexibility index (Phi) is 4.14. The maximum absolute atomic E-state index is 11.3. The minimum atomic E-state index is -1.33. The van der Waals surface area contributed by atoms with Crippen LogP contribution in [-0.2, 0) is 14.3 Å². The first-order valence-electron chi connectivity index (χ1n) is 4.12. The molecule has 0 bridgehead atoms. The highest BCUT2D eigenvalue weighted by atomic mass is 16.6. The molecule has 0 aromatic carbocycles. The Hall–Kier alpha value is -1.52. The first kappa shape index (κ1) is 12.5.